The Hall–Kier alpha value is -4.35. The van der Waals surface area contributed by atoms with Gasteiger partial charge in [-0.3, -0.25) is 9.59 Å². The summed E-state index contributed by atoms with van der Waals surface area (Å²) in [5.41, 5.74) is 2.28. The maximum absolute atomic E-state index is 13.3. The van der Waals surface area contributed by atoms with Gasteiger partial charge in [0.05, 0.1) is 25.6 Å². The number of amides is 2. The molecule has 1 unspecified atom stereocenters. The second-order valence-corrected chi connectivity index (χ2v) is 8.81. The Kier molecular flexibility index (Phi) is 8.39. The van der Waals surface area contributed by atoms with Crippen molar-refractivity contribution in [1.29, 1.82) is 5.26 Å². The van der Waals surface area contributed by atoms with E-state index in [9.17, 15) is 14.9 Å². The molecule has 1 N–H and O–H groups in total. The Morgan fingerprint density at radius 2 is 1.81 bits per heavy atom. The van der Waals surface area contributed by atoms with E-state index in [1.165, 1.54) is 5.01 Å². The van der Waals surface area contributed by atoms with E-state index in [2.05, 4.69) is 16.5 Å². The van der Waals surface area contributed by atoms with Crippen molar-refractivity contribution in [2.24, 2.45) is 5.10 Å². The predicted octanol–water partition coefficient (Wildman–Crippen LogP) is 5.38. The fourth-order valence-corrected chi connectivity index (χ4v) is 4.24. The quantitative estimate of drug-likeness (QED) is 0.406. The molecule has 0 aliphatic carbocycles. The minimum atomic E-state index is -0.440. The molecule has 0 radical (unpaired) electrons. The van der Waals surface area contributed by atoms with Gasteiger partial charge >= 0.3 is 0 Å². The van der Waals surface area contributed by atoms with Crippen LogP contribution < -0.4 is 15.0 Å². The summed E-state index contributed by atoms with van der Waals surface area (Å²) in [5.74, 6) is 0.437. The van der Waals surface area contributed by atoms with Gasteiger partial charge in [-0.05, 0) is 54.1 Å². The molecule has 0 aromatic heterocycles. The second kappa shape index (κ2) is 12.1. The standard InChI is InChI=1S/C28H26ClN5O3/c1-37-24-14-10-22(11-15-24)31-27(35)19-28(36)34-25(20-6-3-2-4-7-20)18-26(32-34)33(17-5-16-30)23-12-8-21(29)9-13-23/h2-4,6-15,25H,5,17-19H2,1H3,(H,31,35). The Balaban J connectivity index is 1.57. The SMILES string of the molecule is COc1ccc(NC(=O)CC(=O)N2N=C(N(CCC#N)c3ccc(Cl)cc3)CC2c2ccccc2)cc1. The molecule has 1 heterocycles. The molecule has 3 aromatic carbocycles. The minimum absolute atomic E-state index is 0.274. The first-order chi connectivity index (χ1) is 18.0. The molecular weight excluding hydrogens is 490 g/mol. The number of carbonyl (C=O) groups excluding carboxylic acids is 2. The number of nitrogens with one attached hydrogen (secondary N) is 1. The number of ether oxygens (including phenoxy) is 1. The van der Waals surface area contributed by atoms with E-state index in [0.717, 1.165) is 11.3 Å². The van der Waals surface area contributed by atoms with Gasteiger partial charge in [-0.15, -0.1) is 0 Å². The van der Waals surface area contributed by atoms with E-state index in [1.54, 1.807) is 43.5 Å². The molecule has 8 nitrogen and oxygen atoms in total. The molecule has 188 valence electrons. The summed E-state index contributed by atoms with van der Waals surface area (Å²) < 4.78 is 5.14. The van der Waals surface area contributed by atoms with E-state index < -0.39 is 11.8 Å². The third-order valence-corrected chi connectivity index (χ3v) is 6.17. The first-order valence-electron chi connectivity index (χ1n) is 11.8. The van der Waals surface area contributed by atoms with E-state index in [1.807, 2.05) is 47.4 Å². The van der Waals surface area contributed by atoms with Crippen molar-refractivity contribution in [2.75, 3.05) is 23.9 Å². The molecule has 1 atom stereocenters. The largest absolute Gasteiger partial charge is 0.497 e. The van der Waals surface area contributed by atoms with Gasteiger partial charge in [0.25, 0.3) is 5.91 Å². The zero-order valence-corrected chi connectivity index (χ0v) is 21.1. The van der Waals surface area contributed by atoms with Gasteiger partial charge in [-0.1, -0.05) is 41.9 Å². The van der Waals surface area contributed by atoms with Crippen LogP contribution in [0.2, 0.25) is 5.02 Å². The summed E-state index contributed by atoms with van der Waals surface area (Å²) in [5, 5.41) is 18.6. The fraction of sp³-hybridized carbons (Fsp3) is 0.214. The van der Waals surface area contributed by atoms with Gasteiger partial charge < -0.3 is 15.0 Å². The molecule has 4 rings (SSSR count). The molecule has 0 saturated heterocycles. The lowest BCUT2D eigenvalue weighted by molar-refractivity contribution is -0.136. The van der Waals surface area contributed by atoms with Crippen molar-refractivity contribution in [3.63, 3.8) is 0 Å². The zero-order valence-electron chi connectivity index (χ0n) is 20.3. The lowest BCUT2D eigenvalue weighted by Gasteiger charge is -2.23. The van der Waals surface area contributed by atoms with Crippen LogP contribution in [0.4, 0.5) is 11.4 Å². The second-order valence-electron chi connectivity index (χ2n) is 8.37. The molecule has 1 aliphatic heterocycles. The van der Waals surface area contributed by atoms with Gasteiger partial charge in [0, 0.05) is 29.4 Å². The molecule has 2 amide bonds. The number of methoxy groups -OCH3 is 1. The third-order valence-electron chi connectivity index (χ3n) is 5.92. The van der Waals surface area contributed by atoms with Gasteiger partial charge in [0.15, 0.2) is 0 Å². The Labute approximate surface area is 220 Å². The smallest absolute Gasteiger partial charge is 0.252 e. The van der Waals surface area contributed by atoms with Crippen LogP contribution in [0.1, 0.15) is 30.9 Å². The van der Waals surface area contributed by atoms with Crippen molar-refractivity contribution >= 4 is 40.6 Å². The van der Waals surface area contributed by atoms with Crippen molar-refractivity contribution in [3.8, 4) is 11.8 Å². The van der Waals surface area contributed by atoms with Gasteiger partial charge in [-0.25, -0.2) is 5.01 Å². The van der Waals surface area contributed by atoms with Crippen molar-refractivity contribution < 1.29 is 14.3 Å². The summed E-state index contributed by atoms with van der Waals surface area (Å²) in [6.45, 7) is 0.401. The molecule has 0 spiro atoms. The van der Waals surface area contributed by atoms with E-state index in [4.69, 9.17) is 16.3 Å². The van der Waals surface area contributed by atoms with Crippen molar-refractivity contribution in [2.45, 2.75) is 25.3 Å². The summed E-state index contributed by atoms with van der Waals surface area (Å²) >= 11 is 6.07. The maximum Gasteiger partial charge on any atom is 0.252 e. The Morgan fingerprint density at radius 1 is 1.11 bits per heavy atom. The number of anilines is 2. The van der Waals surface area contributed by atoms with Crippen LogP contribution >= 0.6 is 11.6 Å². The number of hydrogen-bond acceptors (Lipinski definition) is 6. The molecular formula is C28H26ClN5O3. The van der Waals surface area contributed by atoms with Crippen molar-refractivity contribution in [3.05, 3.63) is 89.4 Å². The van der Waals surface area contributed by atoms with Crippen LogP contribution in [-0.4, -0.2) is 36.3 Å². The van der Waals surface area contributed by atoms with Gasteiger partial charge in [0.2, 0.25) is 5.91 Å². The first kappa shape index (κ1) is 25.7. The highest BCUT2D eigenvalue weighted by molar-refractivity contribution is 6.30. The van der Waals surface area contributed by atoms with E-state index >= 15 is 0 Å². The van der Waals surface area contributed by atoms with Crippen LogP contribution in [0.5, 0.6) is 5.75 Å². The fourth-order valence-electron chi connectivity index (χ4n) is 4.11. The molecule has 0 bridgehead atoms. The number of benzene rings is 3. The third kappa shape index (κ3) is 6.46. The summed E-state index contributed by atoms with van der Waals surface area (Å²) in [6, 6.07) is 25.5. The van der Waals surface area contributed by atoms with Crippen LogP contribution in [0.15, 0.2) is 84.0 Å². The minimum Gasteiger partial charge on any atom is -0.497 e. The normalized spacial score (nSPS) is 14.5. The lowest BCUT2D eigenvalue weighted by atomic mass is 10.0. The number of rotatable bonds is 8. The predicted molar refractivity (Wildman–Crippen MR) is 143 cm³/mol. The maximum atomic E-state index is 13.3. The zero-order chi connectivity index (χ0) is 26.2. The Bertz CT molecular complexity index is 1300. The Morgan fingerprint density at radius 3 is 2.46 bits per heavy atom. The highest BCUT2D eigenvalue weighted by atomic mass is 35.5. The van der Waals surface area contributed by atoms with Gasteiger partial charge in [-0.2, -0.15) is 10.4 Å². The van der Waals surface area contributed by atoms with E-state index in [0.29, 0.717) is 35.3 Å². The summed E-state index contributed by atoms with van der Waals surface area (Å²) in [6.07, 6.45) is 0.338. The van der Waals surface area contributed by atoms with Gasteiger partial charge in [0.1, 0.15) is 18.0 Å². The number of nitriles is 1. The van der Waals surface area contributed by atoms with Crippen LogP contribution in [0.3, 0.4) is 0 Å². The van der Waals surface area contributed by atoms with Crippen molar-refractivity contribution in [1.82, 2.24) is 5.01 Å². The molecule has 0 fully saturated rings. The highest BCUT2D eigenvalue weighted by Crippen LogP contribution is 2.34. The molecule has 3 aromatic rings. The number of halogens is 1. The monoisotopic (exact) mass is 515 g/mol. The first-order valence-corrected chi connectivity index (χ1v) is 12.1. The average Bonchev–Trinajstić information content (AvgIpc) is 3.36. The number of hydrogen-bond donors (Lipinski definition) is 1. The molecule has 9 heteroatoms. The highest BCUT2D eigenvalue weighted by Gasteiger charge is 2.35. The van der Waals surface area contributed by atoms with Crippen LogP contribution in [0.25, 0.3) is 0 Å². The molecule has 37 heavy (non-hydrogen) atoms. The topological polar surface area (TPSA) is 98.0 Å². The van der Waals surface area contributed by atoms with E-state index in [-0.39, 0.29) is 18.9 Å². The average molecular weight is 516 g/mol. The lowest BCUT2D eigenvalue weighted by Crippen LogP contribution is -2.31. The number of hydrazone groups is 1. The summed E-state index contributed by atoms with van der Waals surface area (Å²) in [4.78, 5) is 28.0. The summed E-state index contributed by atoms with van der Waals surface area (Å²) in [7, 11) is 1.56. The molecule has 1 aliphatic rings. The molecule has 0 saturated carbocycles. The van der Waals surface area contributed by atoms with Crippen LogP contribution in [0, 0.1) is 11.3 Å². The number of amidine groups is 1. The number of carbonyl (C=O) groups is 2. The number of nitrogens with zero attached hydrogens (tertiary/aromatic N) is 4. The van der Waals surface area contributed by atoms with Crippen LogP contribution in [-0.2, 0) is 9.59 Å².